The van der Waals surface area contributed by atoms with Crippen LogP contribution in [-0.4, -0.2) is 60.4 Å². The Morgan fingerprint density at radius 1 is 1.35 bits per heavy atom. The number of carbonyl (C=O) groups excluding carboxylic acids is 1. The quantitative estimate of drug-likeness (QED) is 0.787. The van der Waals surface area contributed by atoms with E-state index in [0.29, 0.717) is 17.7 Å². The minimum atomic E-state index is -0.740. The molecule has 0 bridgehead atoms. The molecule has 1 aliphatic heterocycles. The number of anilines is 1. The number of nitrogen functional groups attached to an aromatic ring is 1. The highest BCUT2D eigenvalue weighted by atomic mass is 16.6. The molecule has 1 fully saturated rings. The molecule has 0 radical (unpaired) electrons. The van der Waals surface area contributed by atoms with Crippen molar-refractivity contribution in [2.45, 2.75) is 38.5 Å². The van der Waals surface area contributed by atoms with Gasteiger partial charge in [-0.15, -0.1) is 0 Å². The molecule has 3 rings (SSSR count). The Kier molecular flexibility index (Phi) is 3.59. The molecule has 0 aromatic carbocycles. The zero-order valence-corrected chi connectivity index (χ0v) is 13.3. The summed E-state index contributed by atoms with van der Waals surface area (Å²) in [6, 6.07) is -0.359. The van der Waals surface area contributed by atoms with Gasteiger partial charge in [0.2, 0.25) is 0 Å². The summed E-state index contributed by atoms with van der Waals surface area (Å²) in [6.07, 6.45) is 1.72. The monoisotopic (exact) mass is 320 g/mol. The third-order valence-electron chi connectivity index (χ3n) is 3.66. The topological polar surface area (TPSA) is 119 Å². The lowest BCUT2D eigenvalue weighted by molar-refractivity contribution is 0.0270. The fraction of sp³-hybridized carbons (Fsp3) is 0.571. The van der Waals surface area contributed by atoms with Crippen molar-refractivity contribution in [1.82, 2.24) is 24.4 Å². The Labute approximate surface area is 133 Å². The number of fused-ring (bicyclic) bond motifs is 1. The van der Waals surface area contributed by atoms with Gasteiger partial charge in [-0.25, -0.2) is 19.7 Å². The highest BCUT2D eigenvalue weighted by molar-refractivity contribution is 5.81. The molecule has 1 aliphatic rings. The van der Waals surface area contributed by atoms with E-state index in [4.69, 9.17) is 10.5 Å². The number of nitrogens with zero attached hydrogens (tertiary/aromatic N) is 5. The molecule has 1 saturated heterocycles. The first-order chi connectivity index (χ1) is 10.8. The zero-order chi connectivity index (χ0) is 16.8. The Balaban J connectivity index is 1.84. The van der Waals surface area contributed by atoms with Crippen LogP contribution >= 0.6 is 0 Å². The molecule has 9 nitrogen and oxygen atoms in total. The average Bonchev–Trinajstić information content (AvgIpc) is 3.01. The van der Waals surface area contributed by atoms with Gasteiger partial charge < -0.3 is 25.0 Å². The summed E-state index contributed by atoms with van der Waals surface area (Å²) in [6.45, 7) is 5.92. The highest BCUT2D eigenvalue weighted by Crippen LogP contribution is 2.27. The van der Waals surface area contributed by atoms with Crippen molar-refractivity contribution in [3.8, 4) is 0 Å². The molecule has 3 N–H and O–H groups in total. The van der Waals surface area contributed by atoms with Gasteiger partial charge >= 0.3 is 6.09 Å². The number of likely N-dealkylation sites (tertiary alicyclic amines) is 1. The Morgan fingerprint density at radius 3 is 2.78 bits per heavy atom. The number of carbonyl (C=O) groups is 1. The number of hydrogen-bond donors (Lipinski definition) is 2. The molecule has 0 spiro atoms. The van der Waals surface area contributed by atoms with Gasteiger partial charge in [0.25, 0.3) is 0 Å². The first-order valence-corrected chi connectivity index (χ1v) is 7.35. The van der Waals surface area contributed by atoms with Crippen LogP contribution in [0.1, 0.15) is 26.8 Å². The molecule has 124 valence electrons. The van der Waals surface area contributed by atoms with E-state index in [0.717, 1.165) is 0 Å². The van der Waals surface area contributed by atoms with Gasteiger partial charge in [-0.1, -0.05) is 0 Å². The first kappa shape index (κ1) is 15.5. The van der Waals surface area contributed by atoms with E-state index in [1.165, 1.54) is 11.2 Å². The number of hydrogen-bond acceptors (Lipinski definition) is 7. The number of aromatic nitrogens is 4. The van der Waals surface area contributed by atoms with Gasteiger partial charge in [0.15, 0.2) is 11.5 Å². The van der Waals surface area contributed by atoms with E-state index in [-0.39, 0.29) is 18.4 Å². The maximum absolute atomic E-state index is 12.2. The number of nitrogens with two attached hydrogens (primary N) is 1. The van der Waals surface area contributed by atoms with Crippen LogP contribution < -0.4 is 5.73 Å². The minimum absolute atomic E-state index is 0.194. The number of imidazole rings is 1. The third kappa shape index (κ3) is 2.91. The molecule has 0 unspecified atom stereocenters. The van der Waals surface area contributed by atoms with Crippen molar-refractivity contribution >= 4 is 23.1 Å². The second-order valence-corrected chi connectivity index (χ2v) is 6.60. The highest BCUT2D eigenvalue weighted by Gasteiger charge is 2.38. The van der Waals surface area contributed by atoms with Crippen LogP contribution in [-0.2, 0) is 4.74 Å². The normalized spacial score (nSPS) is 21.8. The van der Waals surface area contributed by atoms with Gasteiger partial charge in [0, 0.05) is 6.54 Å². The van der Waals surface area contributed by atoms with Crippen LogP contribution in [0.15, 0.2) is 12.7 Å². The van der Waals surface area contributed by atoms with Crippen LogP contribution in [0, 0.1) is 0 Å². The summed E-state index contributed by atoms with van der Waals surface area (Å²) < 4.78 is 7.07. The molecule has 9 heteroatoms. The number of amides is 1. The van der Waals surface area contributed by atoms with Crippen molar-refractivity contribution in [3.63, 3.8) is 0 Å². The summed E-state index contributed by atoms with van der Waals surface area (Å²) >= 11 is 0. The summed E-state index contributed by atoms with van der Waals surface area (Å²) in [4.78, 5) is 25.9. The Morgan fingerprint density at radius 2 is 2.09 bits per heavy atom. The molecular formula is C14H20N6O3. The second-order valence-electron chi connectivity index (χ2n) is 6.60. The summed E-state index contributed by atoms with van der Waals surface area (Å²) in [5.41, 5.74) is 6.21. The molecule has 1 amide bonds. The smallest absolute Gasteiger partial charge is 0.410 e. The molecule has 2 atom stereocenters. The molecule has 0 aliphatic carbocycles. The van der Waals surface area contributed by atoms with Crippen molar-refractivity contribution in [1.29, 1.82) is 0 Å². The molecular weight excluding hydrogens is 300 g/mol. The van der Waals surface area contributed by atoms with Gasteiger partial charge in [-0.2, -0.15) is 0 Å². The fourth-order valence-corrected chi connectivity index (χ4v) is 2.63. The van der Waals surface area contributed by atoms with Crippen LogP contribution in [0.5, 0.6) is 0 Å². The SMILES string of the molecule is CC(C)(C)OC(=O)N1C[C@@H](O)[C@H](n2cnc3c(N)ncnc32)C1. The van der Waals surface area contributed by atoms with Crippen LogP contribution in [0.4, 0.5) is 10.6 Å². The van der Waals surface area contributed by atoms with Crippen molar-refractivity contribution in [2.75, 3.05) is 18.8 Å². The number of aliphatic hydroxyl groups excluding tert-OH is 1. The molecule has 3 heterocycles. The Bertz CT molecular complexity index is 738. The van der Waals surface area contributed by atoms with E-state index >= 15 is 0 Å². The van der Waals surface area contributed by atoms with E-state index < -0.39 is 17.8 Å². The molecule has 2 aromatic heterocycles. The van der Waals surface area contributed by atoms with Gasteiger partial charge in [0.05, 0.1) is 25.0 Å². The fourth-order valence-electron chi connectivity index (χ4n) is 2.63. The van der Waals surface area contributed by atoms with E-state index in [9.17, 15) is 9.90 Å². The summed E-state index contributed by atoms with van der Waals surface area (Å²) in [5.74, 6) is 0.283. The van der Waals surface area contributed by atoms with E-state index in [2.05, 4.69) is 15.0 Å². The third-order valence-corrected chi connectivity index (χ3v) is 3.66. The number of ether oxygens (including phenoxy) is 1. The van der Waals surface area contributed by atoms with Crippen molar-refractivity contribution < 1.29 is 14.6 Å². The average molecular weight is 320 g/mol. The maximum atomic E-state index is 12.2. The standard InChI is InChI=1S/C14H20N6O3/c1-14(2,3)23-13(22)19-4-8(9(21)5-19)20-7-18-10-11(15)16-6-17-12(10)20/h6-9,21H,4-5H2,1-3H3,(H2,15,16,17)/t8-,9-/m1/s1. The van der Waals surface area contributed by atoms with Gasteiger partial charge in [-0.3, -0.25) is 0 Å². The van der Waals surface area contributed by atoms with Crippen LogP contribution in [0.2, 0.25) is 0 Å². The van der Waals surface area contributed by atoms with E-state index in [1.807, 2.05) is 0 Å². The van der Waals surface area contributed by atoms with E-state index in [1.54, 1.807) is 31.7 Å². The lowest BCUT2D eigenvalue weighted by atomic mass is 10.2. The summed E-state index contributed by atoms with van der Waals surface area (Å²) in [7, 11) is 0. The van der Waals surface area contributed by atoms with Gasteiger partial charge in [0.1, 0.15) is 17.4 Å². The van der Waals surface area contributed by atoms with Crippen molar-refractivity contribution in [3.05, 3.63) is 12.7 Å². The minimum Gasteiger partial charge on any atom is -0.444 e. The first-order valence-electron chi connectivity index (χ1n) is 7.35. The number of rotatable bonds is 1. The lowest BCUT2D eigenvalue weighted by Crippen LogP contribution is -2.35. The Hall–Kier alpha value is -2.42. The largest absolute Gasteiger partial charge is 0.444 e. The molecule has 2 aromatic rings. The predicted octanol–water partition coefficient (Wildman–Crippen LogP) is 0.561. The predicted molar refractivity (Wildman–Crippen MR) is 82.6 cm³/mol. The van der Waals surface area contributed by atoms with Crippen LogP contribution in [0.3, 0.4) is 0 Å². The maximum Gasteiger partial charge on any atom is 0.410 e. The lowest BCUT2D eigenvalue weighted by Gasteiger charge is -2.24. The second kappa shape index (κ2) is 5.34. The number of aliphatic hydroxyl groups is 1. The van der Waals surface area contributed by atoms with Crippen LogP contribution in [0.25, 0.3) is 11.2 Å². The number of β-amino-alcohol motifs (C(OH)–C–C–N with tert-alkyl or cyclic N) is 1. The van der Waals surface area contributed by atoms with Crippen molar-refractivity contribution in [2.24, 2.45) is 0 Å². The molecule has 23 heavy (non-hydrogen) atoms. The summed E-state index contributed by atoms with van der Waals surface area (Å²) in [5, 5.41) is 10.3. The van der Waals surface area contributed by atoms with Gasteiger partial charge in [-0.05, 0) is 20.8 Å². The molecule has 0 saturated carbocycles. The zero-order valence-electron chi connectivity index (χ0n) is 13.3.